The van der Waals surface area contributed by atoms with E-state index in [1.54, 1.807) is 52.7 Å². The van der Waals surface area contributed by atoms with Crippen LogP contribution in [0.1, 0.15) is 17.2 Å². The number of pyridine rings is 1. The van der Waals surface area contributed by atoms with E-state index in [0.717, 1.165) is 30.8 Å². The zero-order chi connectivity index (χ0) is 29.8. The second kappa shape index (κ2) is 13.4. The van der Waals surface area contributed by atoms with Crippen molar-refractivity contribution >= 4 is 28.7 Å². The second-order valence-electron chi connectivity index (χ2n) is 10.1. The molecule has 1 amide bonds. The molecule has 7 nitrogen and oxygen atoms in total. The van der Waals surface area contributed by atoms with Crippen molar-refractivity contribution in [3.8, 4) is 17.0 Å². The Morgan fingerprint density at radius 1 is 1.10 bits per heavy atom. The molecule has 3 aromatic rings. The smallest absolute Gasteiger partial charge is 0.257 e. The van der Waals surface area contributed by atoms with Crippen LogP contribution in [0.5, 0.6) is 5.88 Å². The van der Waals surface area contributed by atoms with Gasteiger partial charge in [0.25, 0.3) is 5.91 Å². The number of carbonyl (C=O) groups is 1. The fraction of sp³-hybridized carbons (Fsp3) is 0.333. The molecular weight excluding hydrogens is 587 g/mol. The molecular formula is C30H30F3N3O4S2. The van der Waals surface area contributed by atoms with Crippen LogP contribution in [0.25, 0.3) is 11.1 Å². The van der Waals surface area contributed by atoms with Gasteiger partial charge in [0.05, 0.1) is 25.5 Å². The highest BCUT2D eigenvalue weighted by Crippen LogP contribution is 2.32. The van der Waals surface area contributed by atoms with Gasteiger partial charge in [0, 0.05) is 59.6 Å². The average molecular weight is 618 g/mol. The van der Waals surface area contributed by atoms with Gasteiger partial charge in [-0.05, 0) is 47.2 Å². The first kappa shape index (κ1) is 30.3. The number of hydrogen-bond acceptors (Lipinski definition) is 7. The monoisotopic (exact) mass is 617 g/mol. The van der Waals surface area contributed by atoms with E-state index in [1.165, 1.54) is 25.3 Å². The summed E-state index contributed by atoms with van der Waals surface area (Å²) in [5.41, 5.74) is 1.36. The molecule has 42 heavy (non-hydrogen) atoms. The maximum absolute atomic E-state index is 15.8. The topological polar surface area (TPSA) is 72.0 Å². The van der Waals surface area contributed by atoms with Gasteiger partial charge >= 0.3 is 0 Å². The lowest BCUT2D eigenvalue weighted by atomic mass is 9.99. The number of carbonyl (C=O) groups excluding carboxylic acids is 1. The van der Waals surface area contributed by atoms with Crippen LogP contribution in [0, 0.1) is 23.4 Å². The Hall–Kier alpha value is -3.19. The lowest BCUT2D eigenvalue weighted by molar-refractivity contribution is -0.148. The van der Waals surface area contributed by atoms with Crippen molar-refractivity contribution in [2.24, 2.45) is 5.92 Å². The summed E-state index contributed by atoms with van der Waals surface area (Å²) < 4.78 is 68.9. The minimum absolute atomic E-state index is 0.0211. The number of benzene rings is 2. The van der Waals surface area contributed by atoms with Gasteiger partial charge in [0.1, 0.15) is 5.82 Å². The van der Waals surface area contributed by atoms with E-state index in [0.29, 0.717) is 17.0 Å². The van der Waals surface area contributed by atoms with Crippen LogP contribution in [0.3, 0.4) is 0 Å². The molecule has 3 atom stereocenters. The van der Waals surface area contributed by atoms with E-state index in [2.05, 4.69) is 9.29 Å². The number of ether oxygens (including phenoxy) is 2. The van der Waals surface area contributed by atoms with Crippen molar-refractivity contribution < 1.29 is 31.6 Å². The lowest BCUT2D eigenvalue weighted by Gasteiger charge is -2.38. The molecule has 2 aromatic carbocycles. The van der Waals surface area contributed by atoms with Gasteiger partial charge in [-0.15, -0.1) is 0 Å². The third-order valence-electron chi connectivity index (χ3n) is 7.27. The van der Waals surface area contributed by atoms with E-state index in [1.807, 2.05) is 6.26 Å². The predicted molar refractivity (Wildman–Crippen MR) is 156 cm³/mol. The van der Waals surface area contributed by atoms with Gasteiger partial charge in [-0.25, -0.2) is 18.2 Å². The van der Waals surface area contributed by atoms with E-state index in [-0.39, 0.29) is 30.4 Å². The van der Waals surface area contributed by atoms with Gasteiger partial charge in [-0.3, -0.25) is 13.3 Å². The second-order valence-corrected chi connectivity index (χ2v) is 12.3. The summed E-state index contributed by atoms with van der Waals surface area (Å²) in [6.45, 7) is 1.93. The predicted octanol–water partition coefficient (Wildman–Crippen LogP) is 5.12. The number of methoxy groups -OCH3 is 1. The zero-order valence-electron chi connectivity index (χ0n) is 23.0. The fourth-order valence-corrected chi connectivity index (χ4v) is 6.73. The van der Waals surface area contributed by atoms with Crippen LogP contribution in [-0.2, 0) is 26.9 Å². The standard InChI is InChI=1S/C30H30F3N3O4S2/c1-39-28-11-19(7-9-34-28)16-36(23-8-10-42(38)18-23)30(37)29(40-17-20-14-35(15-20)41-2)24-5-3-21(12-26(24)32)22-4-6-25(31)27(33)13-22/h3-13,20,23,29H,14-18H2,1-2H3. The number of halogens is 3. The van der Waals surface area contributed by atoms with Crippen molar-refractivity contribution in [3.63, 3.8) is 0 Å². The Labute approximate surface area is 249 Å². The first-order valence-corrected chi connectivity index (χ1v) is 15.8. The largest absolute Gasteiger partial charge is 0.481 e. The molecule has 3 unspecified atom stereocenters. The first-order valence-electron chi connectivity index (χ1n) is 13.3. The maximum atomic E-state index is 15.8. The summed E-state index contributed by atoms with van der Waals surface area (Å²) in [5, 5.41) is 1.55. The molecule has 0 bridgehead atoms. The SMILES string of the molecule is COc1cc(CN(C(=O)C(OCC2CN(SC)C2)c2ccc(-c3ccc(F)c(F)c3)cc2F)C2C=CS(=O)C2)ccn1. The quantitative estimate of drug-likeness (QED) is 0.277. The van der Waals surface area contributed by atoms with E-state index in [9.17, 15) is 17.8 Å². The molecule has 2 aliphatic rings. The molecule has 12 heteroatoms. The van der Waals surface area contributed by atoms with Crippen LogP contribution in [-0.4, -0.2) is 69.2 Å². The molecule has 1 saturated heterocycles. The lowest BCUT2D eigenvalue weighted by Crippen LogP contribution is -2.46. The molecule has 0 aliphatic carbocycles. The molecule has 0 radical (unpaired) electrons. The van der Waals surface area contributed by atoms with Crippen molar-refractivity contribution in [1.82, 2.24) is 14.2 Å². The Bertz CT molecular complexity index is 1500. The third-order valence-corrected chi connectivity index (χ3v) is 9.22. The zero-order valence-corrected chi connectivity index (χ0v) is 24.7. The number of rotatable bonds is 11. The maximum Gasteiger partial charge on any atom is 0.257 e. The van der Waals surface area contributed by atoms with Crippen LogP contribution >= 0.6 is 11.9 Å². The summed E-state index contributed by atoms with van der Waals surface area (Å²) in [6, 6.07) is 10.5. The minimum atomic E-state index is -1.29. The Morgan fingerprint density at radius 3 is 2.48 bits per heavy atom. The number of nitrogens with zero attached hydrogens (tertiary/aromatic N) is 3. The number of amides is 1. The van der Waals surface area contributed by atoms with Crippen molar-refractivity contribution in [2.45, 2.75) is 18.7 Å². The normalized spacial score (nSPS) is 19.5. The third kappa shape index (κ3) is 6.88. The van der Waals surface area contributed by atoms with Crippen LogP contribution in [0.15, 0.2) is 66.2 Å². The van der Waals surface area contributed by atoms with Crippen LogP contribution in [0.2, 0.25) is 0 Å². The highest BCUT2D eigenvalue weighted by atomic mass is 32.2. The minimum Gasteiger partial charge on any atom is -0.481 e. The highest BCUT2D eigenvalue weighted by molar-refractivity contribution is 7.96. The molecule has 2 aliphatic heterocycles. The van der Waals surface area contributed by atoms with Gasteiger partial charge in [0.15, 0.2) is 17.7 Å². The molecule has 0 spiro atoms. The highest BCUT2D eigenvalue weighted by Gasteiger charge is 2.36. The molecule has 222 valence electrons. The van der Waals surface area contributed by atoms with Gasteiger partial charge in [-0.1, -0.05) is 36.2 Å². The molecule has 1 aromatic heterocycles. The van der Waals surface area contributed by atoms with E-state index >= 15 is 4.39 Å². The Morgan fingerprint density at radius 2 is 1.83 bits per heavy atom. The van der Waals surface area contributed by atoms with Gasteiger partial charge < -0.3 is 14.4 Å². The molecule has 3 heterocycles. The Kier molecular flexibility index (Phi) is 9.67. The molecule has 1 fully saturated rings. The molecule has 0 N–H and O–H groups in total. The van der Waals surface area contributed by atoms with Gasteiger partial charge in [0.2, 0.25) is 5.88 Å². The van der Waals surface area contributed by atoms with Crippen molar-refractivity contribution in [2.75, 3.05) is 38.8 Å². The molecule has 5 rings (SSSR count). The number of aromatic nitrogens is 1. The summed E-state index contributed by atoms with van der Waals surface area (Å²) in [6.07, 6.45) is 3.98. The summed E-state index contributed by atoms with van der Waals surface area (Å²) in [5.74, 6) is -2.48. The molecule has 0 saturated carbocycles. The van der Waals surface area contributed by atoms with Crippen molar-refractivity contribution in [3.05, 3.63) is 94.8 Å². The first-order chi connectivity index (χ1) is 20.2. The number of hydrogen-bond donors (Lipinski definition) is 0. The van der Waals surface area contributed by atoms with E-state index in [4.69, 9.17) is 9.47 Å². The van der Waals surface area contributed by atoms with Crippen LogP contribution in [0.4, 0.5) is 13.2 Å². The average Bonchev–Trinajstić information content (AvgIpc) is 3.40. The van der Waals surface area contributed by atoms with Gasteiger partial charge in [-0.2, -0.15) is 0 Å². The fourth-order valence-electron chi connectivity index (χ4n) is 4.92. The summed E-state index contributed by atoms with van der Waals surface area (Å²) >= 11 is 1.62. The Balaban J connectivity index is 1.47. The van der Waals surface area contributed by atoms with Crippen molar-refractivity contribution in [1.29, 1.82) is 0 Å². The summed E-state index contributed by atoms with van der Waals surface area (Å²) in [7, 11) is 0.249. The van der Waals surface area contributed by atoms with E-state index < -0.39 is 46.3 Å². The summed E-state index contributed by atoms with van der Waals surface area (Å²) in [4.78, 5) is 19.9. The van der Waals surface area contributed by atoms with Crippen LogP contribution < -0.4 is 4.74 Å².